The van der Waals surface area contributed by atoms with E-state index in [1.165, 1.54) is 11.7 Å². The predicted octanol–water partition coefficient (Wildman–Crippen LogP) is 3.53. The number of methoxy groups -OCH3 is 1. The summed E-state index contributed by atoms with van der Waals surface area (Å²) in [6.07, 6.45) is 1.33. The molecule has 1 saturated carbocycles. The van der Waals surface area contributed by atoms with Gasteiger partial charge in [-0.2, -0.15) is 9.97 Å². The van der Waals surface area contributed by atoms with Gasteiger partial charge >= 0.3 is 0 Å². The lowest BCUT2D eigenvalue weighted by Gasteiger charge is -2.29. The topological polar surface area (TPSA) is 103 Å². The van der Waals surface area contributed by atoms with Gasteiger partial charge in [0, 0.05) is 37.8 Å². The SMILES string of the molecule is COc1ccc2nc(C(F)F)n(-c3cc(N4CCOCC4)nc(NC[C@H]4CC[C@H](N)CC4)n3)c2c1. The fourth-order valence-corrected chi connectivity index (χ4v) is 4.79. The predicted molar refractivity (Wildman–Crippen MR) is 130 cm³/mol. The normalized spacial score (nSPS) is 21.0. The van der Waals surface area contributed by atoms with Crippen LogP contribution >= 0.6 is 0 Å². The number of alkyl halides is 2. The minimum absolute atomic E-state index is 0.276. The maximum Gasteiger partial charge on any atom is 0.296 e. The zero-order chi connectivity index (χ0) is 24.4. The van der Waals surface area contributed by atoms with Gasteiger partial charge in [-0.25, -0.2) is 13.8 Å². The van der Waals surface area contributed by atoms with E-state index in [2.05, 4.69) is 20.2 Å². The van der Waals surface area contributed by atoms with Gasteiger partial charge < -0.3 is 25.4 Å². The van der Waals surface area contributed by atoms with E-state index in [4.69, 9.17) is 20.2 Å². The Kier molecular flexibility index (Phi) is 6.96. The van der Waals surface area contributed by atoms with Crippen LogP contribution in [0, 0.1) is 5.92 Å². The summed E-state index contributed by atoms with van der Waals surface area (Å²) in [6.45, 7) is 3.20. The molecule has 35 heavy (non-hydrogen) atoms. The van der Waals surface area contributed by atoms with E-state index in [9.17, 15) is 8.78 Å². The molecule has 0 bridgehead atoms. The van der Waals surface area contributed by atoms with Gasteiger partial charge in [0.25, 0.3) is 6.43 Å². The van der Waals surface area contributed by atoms with Gasteiger partial charge in [0.2, 0.25) is 5.95 Å². The van der Waals surface area contributed by atoms with Crippen LogP contribution in [-0.4, -0.2) is 65.5 Å². The highest BCUT2D eigenvalue weighted by atomic mass is 19.3. The second-order valence-electron chi connectivity index (χ2n) is 9.13. The highest BCUT2D eigenvalue weighted by Gasteiger charge is 2.24. The molecule has 1 aliphatic carbocycles. The molecule has 3 heterocycles. The lowest BCUT2D eigenvalue weighted by Crippen LogP contribution is -2.37. The number of anilines is 2. The van der Waals surface area contributed by atoms with Gasteiger partial charge in [0.15, 0.2) is 5.82 Å². The van der Waals surface area contributed by atoms with Gasteiger partial charge in [-0.3, -0.25) is 4.57 Å². The van der Waals surface area contributed by atoms with Gasteiger partial charge in [0.05, 0.1) is 31.4 Å². The monoisotopic (exact) mass is 487 g/mol. The number of rotatable bonds is 7. The van der Waals surface area contributed by atoms with Gasteiger partial charge in [0.1, 0.15) is 17.4 Å². The number of morpholine rings is 1. The Morgan fingerprint density at radius 3 is 2.54 bits per heavy atom. The Labute approximate surface area is 202 Å². The maximum absolute atomic E-state index is 14.1. The molecule has 5 rings (SSSR count). The highest BCUT2D eigenvalue weighted by molar-refractivity contribution is 5.80. The van der Waals surface area contributed by atoms with Crippen LogP contribution in [-0.2, 0) is 4.74 Å². The standard InChI is InChI=1S/C24H31F2N7O2/c1-34-17-6-7-18-19(12-17)33(23(29-18)22(25)26)21-13-20(32-8-10-35-11-9-32)30-24(31-21)28-14-15-2-4-16(27)5-3-15/h6-7,12-13,15-16,22H,2-5,8-11,14,27H2,1H3,(H,28,30,31)/t15-,16-. The van der Waals surface area contributed by atoms with E-state index in [0.717, 1.165) is 25.7 Å². The van der Waals surface area contributed by atoms with Crippen molar-refractivity contribution in [3.05, 3.63) is 30.1 Å². The van der Waals surface area contributed by atoms with Crippen molar-refractivity contribution in [1.29, 1.82) is 0 Å². The van der Waals surface area contributed by atoms with Gasteiger partial charge in [-0.15, -0.1) is 0 Å². The minimum atomic E-state index is -2.78. The second kappa shape index (κ2) is 10.3. The first-order valence-electron chi connectivity index (χ1n) is 12.1. The highest BCUT2D eigenvalue weighted by Crippen LogP contribution is 2.31. The summed E-state index contributed by atoms with van der Waals surface area (Å²) >= 11 is 0. The smallest absolute Gasteiger partial charge is 0.296 e. The third-order valence-electron chi connectivity index (χ3n) is 6.79. The lowest BCUT2D eigenvalue weighted by molar-refractivity contribution is 0.122. The van der Waals surface area contributed by atoms with Crippen LogP contribution in [0.15, 0.2) is 24.3 Å². The molecule has 0 amide bonds. The van der Waals surface area contributed by atoms with Gasteiger partial charge in [-0.05, 0) is 43.7 Å². The van der Waals surface area contributed by atoms with Crippen LogP contribution in [0.5, 0.6) is 5.75 Å². The minimum Gasteiger partial charge on any atom is -0.497 e. The number of nitrogens with one attached hydrogen (secondary N) is 1. The maximum atomic E-state index is 14.1. The lowest BCUT2D eigenvalue weighted by atomic mass is 9.86. The molecular formula is C24H31F2N7O2. The van der Waals surface area contributed by atoms with Crippen LogP contribution in [0.25, 0.3) is 16.9 Å². The van der Waals surface area contributed by atoms with Crippen molar-refractivity contribution in [2.45, 2.75) is 38.2 Å². The van der Waals surface area contributed by atoms with Crippen LogP contribution in [0.3, 0.4) is 0 Å². The van der Waals surface area contributed by atoms with Crippen molar-refractivity contribution in [2.75, 3.05) is 50.2 Å². The molecular weight excluding hydrogens is 456 g/mol. The molecule has 2 aliphatic rings. The molecule has 2 fully saturated rings. The Morgan fingerprint density at radius 2 is 1.83 bits per heavy atom. The van der Waals surface area contributed by atoms with Crippen molar-refractivity contribution in [3.8, 4) is 11.6 Å². The largest absolute Gasteiger partial charge is 0.497 e. The summed E-state index contributed by atoms with van der Waals surface area (Å²) in [7, 11) is 1.54. The van der Waals surface area contributed by atoms with Crippen LogP contribution in [0.2, 0.25) is 0 Å². The first-order chi connectivity index (χ1) is 17.0. The van der Waals surface area contributed by atoms with Crippen molar-refractivity contribution < 1.29 is 18.3 Å². The quantitative estimate of drug-likeness (QED) is 0.522. The Bertz CT molecular complexity index is 1160. The molecule has 1 saturated heterocycles. The summed E-state index contributed by atoms with van der Waals surface area (Å²) in [5.74, 6) is 2.06. The summed E-state index contributed by atoms with van der Waals surface area (Å²) in [4.78, 5) is 15.7. The van der Waals surface area contributed by atoms with E-state index in [-0.39, 0.29) is 11.9 Å². The molecule has 0 unspecified atom stereocenters. The van der Waals surface area contributed by atoms with E-state index < -0.39 is 6.43 Å². The molecule has 0 radical (unpaired) electrons. The molecule has 188 valence electrons. The number of hydrogen-bond acceptors (Lipinski definition) is 8. The van der Waals surface area contributed by atoms with Gasteiger partial charge in [-0.1, -0.05) is 0 Å². The number of nitrogens with two attached hydrogens (primary N) is 1. The van der Waals surface area contributed by atoms with E-state index >= 15 is 0 Å². The zero-order valence-electron chi connectivity index (χ0n) is 19.8. The number of fused-ring (bicyclic) bond motifs is 1. The number of halogens is 2. The summed E-state index contributed by atoms with van der Waals surface area (Å²) in [5, 5.41) is 3.36. The Hall–Kier alpha value is -3.05. The van der Waals surface area contributed by atoms with E-state index in [1.807, 2.05) is 0 Å². The summed E-state index contributed by atoms with van der Waals surface area (Å²) in [6, 6.07) is 7.09. The van der Waals surface area contributed by atoms with E-state index in [0.29, 0.717) is 73.1 Å². The average molecular weight is 488 g/mol. The van der Waals surface area contributed by atoms with Crippen molar-refractivity contribution >= 4 is 22.8 Å². The molecule has 1 aromatic carbocycles. The third-order valence-corrected chi connectivity index (χ3v) is 6.79. The zero-order valence-corrected chi connectivity index (χ0v) is 19.8. The molecule has 9 nitrogen and oxygen atoms in total. The number of ether oxygens (including phenoxy) is 2. The molecule has 1 aliphatic heterocycles. The number of benzene rings is 1. The average Bonchev–Trinajstić information content (AvgIpc) is 3.28. The van der Waals surface area contributed by atoms with Crippen LogP contribution in [0.1, 0.15) is 37.9 Å². The number of imidazole rings is 1. The van der Waals surface area contributed by atoms with Crippen LogP contribution < -0.4 is 20.7 Å². The molecule has 2 aromatic heterocycles. The fraction of sp³-hybridized carbons (Fsp3) is 0.542. The Morgan fingerprint density at radius 1 is 1.09 bits per heavy atom. The number of hydrogen-bond donors (Lipinski definition) is 2. The van der Waals surface area contributed by atoms with Crippen LogP contribution in [0.4, 0.5) is 20.5 Å². The molecule has 0 spiro atoms. The molecule has 3 aromatic rings. The molecule has 3 N–H and O–H groups in total. The summed E-state index contributed by atoms with van der Waals surface area (Å²) < 4.78 is 40.4. The first kappa shape index (κ1) is 23.7. The third kappa shape index (κ3) is 5.15. The summed E-state index contributed by atoms with van der Waals surface area (Å²) in [5.41, 5.74) is 6.99. The second-order valence-corrected chi connectivity index (χ2v) is 9.13. The fourth-order valence-electron chi connectivity index (χ4n) is 4.79. The number of nitrogens with zero attached hydrogens (tertiary/aromatic N) is 5. The Balaban J connectivity index is 1.55. The van der Waals surface area contributed by atoms with E-state index in [1.54, 1.807) is 24.3 Å². The molecule has 0 atom stereocenters. The molecule has 11 heteroatoms. The van der Waals surface area contributed by atoms with Crippen molar-refractivity contribution in [2.24, 2.45) is 11.7 Å². The van der Waals surface area contributed by atoms with Crippen molar-refractivity contribution in [3.63, 3.8) is 0 Å². The first-order valence-corrected chi connectivity index (χ1v) is 12.1. The number of aromatic nitrogens is 4. The van der Waals surface area contributed by atoms with Crippen molar-refractivity contribution in [1.82, 2.24) is 19.5 Å².